The molecule has 2 aromatic heterocycles. The molecule has 0 atom stereocenters. The number of methoxy groups -OCH3 is 1. The Kier molecular flexibility index (Phi) is 5.04. The van der Waals surface area contributed by atoms with Gasteiger partial charge in [0.15, 0.2) is 5.82 Å². The highest BCUT2D eigenvalue weighted by Crippen LogP contribution is 2.38. The van der Waals surface area contributed by atoms with Gasteiger partial charge in [0.2, 0.25) is 5.91 Å². The van der Waals surface area contributed by atoms with Gasteiger partial charge in [-0.2, -0.15) is 0 Å². The van der Waals surface area contributed by atoms with Gasteiger partial charge < -0.3 is 15.0 Å². The van der Waals surface area contributed by atoms with Crippen molar-refractivity contribution in [2.75, 3.05) is 25.5 Å². The third-order valence-corrected chi connectivity index (χ3v) is 5.78. The summed E-state index contributed by atoms with van der Waals surface area (Å²) in [7, 11) is 1.56. The van der Waals surface area contributed by atoms with Crippen molar-refractivity contribution in [3.63, 3.8) is 0 Å². The molecule has 0 radical (unpaired) electrons. The molecule has 0 spiro atoms. The summed E-state index contributed by atoms with van der Waals surface area (Å²) in [4.78, 5) is 45.3. The minimum absolute atomic E-state index is 0.0184. The molecule has 10 heteroatoms. The summed E-state index contributed by atoms with van der Waals surface area (Å²) in [5.74, 6) is 0.127. The van der Waals surface area contributed by atoms with Crippen LogP contribution in [0.4, 0.5) is 5.82 Å². The SMILES string of the molecule is COc1cncc(-c2ccc(NC(=O)CN3CCCC4=C3C(=O)N(C3CC3)C4=O)nn2)c1. The number of hydrogen-bond acceptors (Lipinski definition) is 8. The molecule has 0 saturated heterocycles. The number of carbonyl (C=O) groups excluding carboxylic acids is 3. The van der Waals surface area contributed by atoms with E-state index in [1.807, 2.05) is 0 Å². The molecule has 2 aromatic rings. The van der Waals surface area contributed by atoms with Crippen molar-refractivity contribution in [3.8, 4) is 17.0 Å². The quantitative estimate of drug-likeness (QED) is 0.678. The van der Waals surface area contributed by atoms with Crippen LogP contribution in [-0.4, -0.2) is 68.9 Å². The molecule has 3 aliphatic rings. The second kappa shape index (κ2) is 8.03. The molecule has 5 rings (SSSR count). The Labute approximate surface area is 184 Å². The number of nitrogens with zero attached hydrogens (tertiary/aromatic N) is 5. The van der Waals surface area contributed by atoms with Crippen molar-refractivity contribution in [1.82, 2.24) is 25.0 Å². The predicted molar refractivity (Wildman–Crippen MR) is 113 cm³/mol. The number of pyridine rings is 1. The van der Waals surface area contributed by atoms with Crippen LogP contribution >= 0.6 is 0 Å². The van der Waals surface area contributed by atoms with Crippen LogP contribution in [0.15, 0.2) is 41.9 Å². The Morgan fingerprint density at radius 2 is 2.03 bits per heavy atom. The van der Waals surface area contributed by atoms with E-state index in [0.717, 1.165) is 24.8 Å². The van der Waals surface area contributed by atoms with Crippen molar-refractivity contribution in [2.45, 2.75) is 31.7 Å². The summed E-state index contributed by atoms with van der Waals surface area (Å²) in [5.41, 5.74) is 2.26. The lowest BCUT2D eigenvalue weighted by Gasteiger charge is -2.28. The van der Waals surface area contributed by atoms with E-state index in [0.29, 0.717) is 41.5 Å². The number of nitrogens with one attached hydrogen (secondary N) is 1. The first-order valence-electron chi connectivity index (χ1n) is 10.5. The average Bonchev–Trinajstić information content (AvgIpc) is 3.60. The van der Waals surface area contributed by atoms with Gasteiger partial charge in [-0.25, -0.2) is 0 Å². The Morgan fingerprint density at radius 3 is 2.75 bits per heavy atom. The highest BCUT2D eigenvalue weighted by atomic mass is 16.5. The van der Waals surface area contributed by atoms with E-state index in [1.54, 1.807) is 42.6 Å². The highest BCUT2D eigenvalue weighted by molar-refractivity contribution is 6.19. The fraction of sp³-hybridized carbons (Fsp3) is 0.364. The van der Waals surface area contributed by atoms with Gasteiger partial charge in [0.05, 0.1) is 25.5 Å². The van der Waals surface area contributed by atoms with Gasteiger partial charge in [0, 0.05) is 29.9 Å². The third kappa shape index (κ3) is 3.68. The van der Waals surface area contributed by atoms with E-state index < -0.39 is 0 Å². The summed E-state index contributed by atoms with van der Waals surface area (Å²) in [6.45, 7) is 0.525. The minimum Gasteiger partial charge on any atom is -0.495 e. The fourth-order valence-electron chi connectivity index (χ4n) is 4.09. The molecule has 1 fully saturated rings. The number of amides is 3. The molecule has 0 aromatic carbocycles. The molecular weight excluding hydrogens is 412 g/mol. The second-order valence-corrected chi connectivity index (χ2v) is 8.03. The van der Waals surface area contributed by atoms with Gasteiger partial charge in [-0.3, -0.25) is 24.3 Å². The first-order valence-corrected chi connectivity index (χ1v) is 10.5. The monoisotopic (exact) mass is 434 g/mol. The molecule has 10 nitrogen and oxygen atoms in total. The largest absolute Gasteiger partial charge is 0.495 e. The number of hydrogen-bond donors (Lipinski definition) is 1. The Morgan fingerprint density at radius 1 is 1.19 bits per heavy atom. The van der Waals surface area contributed by atoms with Crippen LogP contribution in [0, 0.1) is 0 Å². The average molecular weight is 434 g/mol. The van der Waals surface area contributed by atoms with Gasteiger partial charge >= 0.3 is 0 Å². The molecule has 0 bridgehead atoms. The molecule has 4 heterocycles. The normalized spacial score (nSPS) is 18.2. The van der Waals surface area contributed by atoms with Crippen LogP contribution in [-0.2, 0) is 14.4 Å². The fourth-order valence-corrected chi connectivity index (χ4v) is 4.09. The zero-order valence-electron chi connectivity index (χ0n) is 17.6. The molecule has 1 N–H and O–H groups in total. The number of carbonyl (C=O) groups is 3. The topological polar surface area (TPSA) is 118 Å². The lowest BCUT2D eigenvalue weighted by Crippen LogP contribution is -2.40. The van der Waals surface area contributed by atoms with E-state index in [1.165, 1.54) is 4.90 Å². The predicted octanol–water partition coefficient (Wildman–Crippen LogP) is 1.37. The minimum atomic E-state index is -0.325. The molecule has 2 aliphatic heterocycles. The van der Waals surface area contributed by atoms with Crippen molar-refractivity contribution >= 4 is 23.5 Å². The van der Waals surface area contributed by atoms with E-state index in [9.17, 15) is 14.4 Å². The molecular formula is C22H22N6O4. The zero-order chi connectivity index (χ0) is 22.2. The van der Waals surface area contributed by atoms with E-state index >= 15 is 0 Å². The van der Waals surface area contributed by atoms with Crippen LogP contribution in [0.5, 0.6) is 5.75 Å². The lowest BCUT2D eigenvalue weighted by molar-refractivity contribution is -0.138. The van der Waals surface area contributed by atoms with Gasteiger partial charge in [0.25, 0.3) is 11.8 Å². The van der Waals surface area contributed by atoms with Crippen LogP contribution in [0.25, 0.3) is 11.3 Å². The van der Waals surface area contributed by atoms with Gasteiger partial charge in [-0.1, -0.05) is 0 Å². The number of aromatic nitrogens is 3. The second-order valence-electron chi connectivity index (χ2n) is 8.03. The van der Waals surface area contributed by atoms with Crippen molar-refractivity contribution in [2.24, 2.45) is 0 Å². The van der Waals surface area contributed by atoms with Crippen molar-refractivity contribution < 1.29 is 19.1 Å². The summed E-state index contributed by atoms with van der Waals surface area (Å²) < 4.78 is 5.17. The highest BCUT2D eigenvalue weighted by Gasteiger charge is 2.48. The molecule has 32 heavy (non-hydrogen) atoms. The number of rotatable bonds is 6. The van der Waals surface area contributed by atoms with Crippen LogP contribution in [0.2, 0.25) is 0 Å². The number of imide groups is 1. The van der Waals surface area contributed by atoms with Gasteiger partial charge in [-0.05, 0) is 43.9 Å². The maximum absolute atomic E-state index is 12.8. The van der Waals surface area contributed by atoms with Crippen LogP contribution in [0.3, 0.4) is 0 Å². The van der Waals surface area contributed by atoms with Crippen molar-refractivity contribution in [1.29, 1.82) is 0 Å². The summed E-state index contributed by atoms with van der Waals surface area (Å²) >= 11 is 0. The molecule has 0 unspecified atom stereocenters. The van der Waals surface area contributed by atoms with Gasteiger partial charge in [0.1, 0.15) is 11.4 Å². The van der Waals surface area contributed by atoms with E-state index in [2.05, 4.69) is 20.5 Å². The first kappa shape index (κ1) is 20.1. The number of anilines is 1. The number of ether oxygens (including phenoxy) is 1. The Balaban J connectivity index is 1.25. The molecule has 1 aliphatic carbocycles. The van der Waals surface area contributed by atoms with E-state index in [-0.39, 0.29) is 30.3 Å². The lowest BCUT2D eigenvalue weighted by atomic mass is 10.0. The Bertz CT molecular complexity index is 1130. The maximum Gasteiger partial charge on any atom is 0.277 e. The maximum atomic E-state index is 12.8. The smallest absolute Gasteiger partial charge is 0.277 e. The first-order chi connectivity index (χ1) is 15.5. The standard InChI is InChI=1S/C22H22N6O4/c1-32-15-9-13(10-23-11-15)17-6-7-18(26-25-17)24-19(29)12-27-8-2-3-16-20(27)22(31)28(21(16)30)14-4-5-14/h6-7,9-11,14H,2-5,8,12H2,1H3,(H,24,26,29). The van der Waals surface area contributed by atoms with Crippen molar-refractivity contribution in [3.05, 3.63) is 41.9 Å². The summed E-state index contributed by atoms with van der Waals surface area (Å²) in [5, 5.41) is 10.9. The van der Waals surface area contributed by atoms with Crippen LogP contribution < -0.4 is 10.1 Å². The Hall–Kier alpha value is -3.82. The van der Waals surface area contributed by atoms with E-state index in [4.69, 9.17) is 4.74 Å². The molecule has 164 valence electrons. The molecule has 1 saturated carbocycles. The van der Waals surface area contributed by atoms with Gasteiger partial charge in [-0.15, -0.1) is 10.2 Å². The summed E-state index contributed by atoms with van der Waals surface area (Å²) in [6, 6.07) is 5.19. The summed E-state index contributed by atoms with van der Waals surface area (Å²) in [6.07, 6.45) is 6.27. The van der Waals surface area contributed by atoms with Crippen LogP contribution in [0.1, 0.15) is 25.7 Å². The third-order valence-electron chi connectivity index (χ3n) is 5.78. The zero-order valence-corrected chi connectivity index (χ0v) is 17.6. The molecule has 3 amide bonds.